The van der Waals surface area contributed by atoms with Crippen molar-refractivity contribution in [2.75, 3.05) is 13.1 Å². The highest BCUT2D eigenvalue weighted by molar-refractivity contribution is 5.85. The van der Waals surface area contributed by atoms with Crippen molar-refractivity contribution in [1.82, 2.24) is 20.4 Å². The quantitative estimate of drug-likeness (QED) is 0.852. The summed E-state index contributed by atoms with van der Waals surface area (Å²) in [7, 11) is 0. The summed E-state index contributed by atoms with van der Waals surface area (Å²) in [5.74, 6) is 0. The maximum absolute atomic E-state index is 3.96. The lowest BCUT2D eigenvalue weighted by atomic mass is 10.1. The largest absolute Gasteiger partial charge is 0.311 e. The fraction of sp³-hybridized carbons (Fsp3) is 0.700. The van der Waals surface area contributed by atoms with Crippen molar-refractivity contribution in [3.63, 3.8) is 0 Å². The van der Waals surface area contributed by atoms with Gasteiger partial charge < -0.3 is 5.32 Å². The standard InChI is InChI=1S/C10H18N4.2ClH/c1-8-6-14(9(2)5-11-8)7-10-3-4-12-13-10;;/h3-4,8-9,11H,5-7H2,1-2H3,(H,12,13);2*1H/t8-,9+;;/m1../s1. The summed E-state index contributed by atoms with van der Waals surface area (Å²) in [5.41, 5.74) is 1.20. The highest BCUT2D eigenvalue weighted by Crippen LogP contribution is 2.10. The lowest BCUT2D eigenvalue weighted by Gasteiger charge is -2.37. The average molecular weight is 267 g/mol. The lowest BCUT2D eigenvalue weighted by molar-refractivity contribution is 0.137. The van der Waals surface area contributed by atoms with Crippen molar-refractivity contribution in [2.24, 2.45) is 0 Å². The molecule has 2 rings (SSSR count). The van der Waals surface area contributed by atoms with E-state index in [4.69, 9.17) is 0 Å². The van der Waals surface area contributed by atoms with Crippen LogP contribution >= 0.6 is 24.8 Å². The fourth-order valence-corrected chi connectivity index (χ4v) is 1.91. The summed E-state index contributed by atoms with van der Waals surface area (Å²) in [4.78, 5) is 2.48. The number of halogens is 2. The second kappa shape index (κ2) is 7.12. The van der Waals surface area contributed by atoms with E-state index in [0.29, 0.717) is 12.1 Å². The first kappa shape index (κ1) is 15.7. The number of hydrogen-bond acceptors (Lipinski definition) is 3. The molecule has 0 radical (unpaired) electrons. The van der Waals surface area contributed by atoms with E-state index < -0.39 is 0 Å². The molecule has 1 aliphatic rings. The van der Waals surface area contributed by atoms with E-state index in [1.54, 1.807) is 0 Å². The molecule has 0 unspecified atom stereocenters. The molecule has 6 heteroatoms. The maximum atomic E-state index is 3.96. The molecule has 1 aliphatic heterocycles. The van der Waals surface area contributed by atoms with Crippen LogP contribution in [-0.2, 0) is 6.54 Å². The molecule has 0 bridgehead atoms. The van der Waals surface area contributed by atoms with Crippen molar-refractivity contribution < 1.29 is 0 Å². The van der Waals surface area contributed by atoms with Crippen molar-refractivity contribution in [3.05, 3.63) is 18.0 Å². The molecule has 4 nitrogen and oxygen atoms in total. The van der Waals surface area contributed by atoms with Crippen LogP contribution in [0.1, 0.15) is 19.5 Å². The number of aromatic nitrogens is 2. The lowest BCUT2D eigenvalue weighted by Crippen LogP contribution is -2.53. The van der Waals surface area contributed by atoms with Crippen LogP contribution < -0.4 is 5.32 Å². The highest BCUT2D eigenvalue weighted by Gasteiger charge is 2.22. The van der Waals surface area contributed by atoms with Crippen LogP contribution in [0.5, 0.6) is 0 Å². The van der Waals surface area contributed by atoms with Gasteiger partial charge in [-0.15, -0.1) is 24.8 Å². The van der Waals surface area contributed by atoms with E-state index in [-0.39, 0.29) is 24.8 Å². The molecule has 0 amide bonds. The molecule has 94 valence electrons. The van der Waals surface area contributed by atoms with Crippen LogP contribution in [0.15, 0.2) is 12.3 Å². The Bertz CT molecular complexity index is 278. The zero-order valence-electron chi connectivity index (χ0n) is 9.64. The molecule has 2 heterocycles. The summed E-state index contributed by atoms with van der Waals surface area (Å²) in [6.45, 7) is 7.66. The predicted molar refractivity (Wildman–Crippen MR) is 70.4 cm³/mol. The van der Waals surface area contributed by atoms with E-state index in [1.807, 2.05) is 12.3 Å². The number of H-pyrrole nitrogens is 1. The Morgan fingerprint density at radius 2 is 2.19 bits per heavy atom. The number of nitrogens with zero attached hydrogens (tertiary/aromatic N) is 2. The molecule has 2 N–H and O–H groups in total. The summed E-state index contributed by atoms with van der Waals surface area (Å²) in [6, 6.07) is 3.24. The van der Waals surface area contributed by atoms with Gasteiger partial charge in [-0.25, -0.2) is 0 Å². The second-order valence-corrected chi connectivity index (χ2v) is 4.17. The van der Waals surface area contributed by atoms with Crippen LogP contribution in [0.3, 0.4) is 0 Å². The van der Waals surface area contributed by atoms with Crippen LogP contribution in [0.2, 0.25) is 0 Å². The van der Waals surface area contributed by atoms with Crippen molar-refractivity contribution >= 4 is 24.8 Å². The van der Waals surface area contributed by atoms with E-state index in [0.717, 1.165) is 19.6 Å². The van der Waals surface area contributed by atoms with Gasteiger partial charge >= 0.3 is 0 Å². The van der Waals surface area contributed by atoms with Crippen LogP contribution in [0.4, 0.5) is 0 Å². The zero-order valence-corrected chi connectivity index (χ0v) is 11.3. The Morgan fingerprint density at radius 1 is 1.44 bits per heavy atom. The molecule has 0 aliphatic carbocycles. The molecular weight excluding hydrogens is 247 g/mol. The summed E-state index contributed by atoms with van der Waals surface area (Å²) < 4.78 is 0. The minimum absolute atomic E-state index is 0. The number of piperazine rings is 1. The Kier molecular flexibility index (Phi) is 6.99. The van der Waals surface area contributed by atoms with Crippen molar-refractivity contribution in [1.29, 1.82) is 0 Å². The summed E-state index contributed by atoms with van der Waals surface area (Å²) >= 11 is 0. The van der Waals surface area contributed by atoms with Gasteiger partial charge in [-0.3, -0.25) is 10.00 Å². The molecule has 1 saturated heterocycles. The average Bonchev–Trinajstić information content (AvgIpc) is 2.64. The van der Waals surface area contributed by atoms with Gasteiger partial charge in [-0.1, -0.05) is 0 Å². The normalized spacial score (nSPS) is 25.6. The van der Waals surface area contributed by atoms with Crippen molar-refractivity contribution in [3.8, 4) is 0 Å². The van der Waals surface area contributed by atoms with Gasteiger partial charge in [0, 0.05) is 43.6 Å². The van der Waals surface area contributed by atoms with Gasteiger partial charge in [0.2, 0.25) is 0 Å². The number of nitrogens with one attached hydrogen (secondary N) is 2. The molecule has 0 aromatic carbocycles. The maximum Gasteiger partial charge on any atom is 0.0492 e. The molecule has 2 atom stereocenters. The SMILES string of the molecule is C[C@@H]1CN(Cc2ccn[nH]2)[C@@H](C)CN1.Cl.Cl. The third-order valence-electron chi connectivity index (χ3n) is 2.83. The summed E-state index contributed by atoms with van der Waals surface area (Å²) in [6.07, 6.45) is 1.81. The van der Waals surface area contributed by atoms with E-state index >= 15 is 0 Å². The van der Waals surface area contributed by atoms with Gasteiger partial charge in [-0.05, 0) is 19.9 Å². The Labute approximate surface area is 109 Å². The highest BCUT2D eigenvalue weighted by atomic mass is 35.5. The molecule has 16 heavy (non-hydrogen) atoms. The minimum Gasteiger partial charge on any atom is -0.311 e. The van der Waals surface area contributed by atoms with Gasteiger partial charge in [0.1, 0.15) is 0 Å². The van der Waals surface area contributed by atoms with Gasteiger partial charge in [0.05, 0.1) is 0 Å². The van der Waals surface area contributed by atoms with Crippen LogP contribution in [0, 0.1) is 0 Å². The number of rotatable bonds is 2. The molecule has 1 fully saturated rings. The topological polar surface area (TPSA) is 44.0 Å². The second-order valence-electron chi connectivity index (χ2n) is 4.17. The number of aromatic amines is 1. The Balaban J connectivity index is 0.00000112. The minimum atomic E-state index is 0. The number of hydrogen-bond donors (Lipinski definition) is 2. The Morgan fingerprint density at radius 3 is 2.81 bits per heavy atom. The van der Waals surface area contributed by atoms with Crippen LogP contribution in [0.25, 0.3) is 0 Å². The van der Waals surface area contributed by atoms with Crippen LogP contribution in [-0.4, -0.2) is 40.3 Å². The zero-order chi connectivity index (χ0) is 9.97. The first-order chi connectivity index (χ1) is 6.75. The first-order valence-corrected chi connectivity index (χ1v) is 5.21. The molecule has 0 saturated carbocycles. The summed E-state index contributed by atoms with van der Waals surface area (Å²) in [5, 5.41) is 10.4. The Hall–Kier alpha value is -0.290. The third-order valence-corrected chi connectivity index (χ3v) is 2.83. The fourth-order valence-electron chi connectivity index (χ4n) is 1.91. The third kappa shape index (κ3) is 3.94. The first-order valence-electron chi connectivity index (χ1n) is 5.21. The molecular formula is C10H20Cl2N4. The van der Waals surface area contributed by atoms with Gasteiger partial charge in [0.15, 0.2) is 0 Å². The molecule has 0 spiro atoms. The van der Waals surface area contributed by atoms with Gasteiger partial charge in [0.25, 0.3) is 0 Å². The van der Waals surface area contributed by atoms with Crippen molar-refractivity contribution in [2.45, 2.75) is 32.5 Å². The predicted octanol–water partition coefficient (Wildman–Crippen LogP) is 1.44. The van der Waals surface area contributed by atoms with E-state index in [9.17, 15) is 0 Å². The van der Waals surface area contributed by atoms with E-state index in [1.165, 1.54) is 5.69 Å². The van der Waals surface area contributed by atoms with E-state index in [2.05, 4.69) is 34.3 Å². The monoisotopic (exact) mass is 266 g/mol. The van der Waals surface area contributed by atoms with Gasteiger partial charge in [-0.2, -0.15) is 5.10 Å². The smallest absolute Gasteiger partial charge is 0.0492 e. The molecule has 1 aromatic rings. The molecule has 1 aromatic heterocycles.